The van der Waals surface area contributed by atoms with Crippen molar-refractivity contribution < 1.29 is 9.32 Å². The van der Waals surface area contributed by atoms with Crippen molar-refractivity contribution >= 4 is 29.1 Å². The normalized spacial score (nSPS) is 17.6. The maximum Gasteiger partial charge on any atom is 0.241 e. The second-order valence-corrected chi connectivity index (χ2v) is 8.50. The largest absolute Gasteiger partial charge is 0.356 e. The number of amides is 1. The number of likely N-dealkylation sites (tertiary alicyclic amines) is 1. The van der Waals surface area contributed by atoms with E-state index in [4.69, 9.17) is 27.7 Å². The van der Waals surface area contributed by atoms with Crippen molar-refractivity contribution in [3.05, 3.63) is 34.1 Å². The number of hydrogen-bond donors (Lipinski definition) is 1. The molecule has 0 saturated carbocycles. The van der Waals surface area contributed by atoms with Gasteiger partial charge in [0.2, 0.25) is 17.6 Å². The highest BCUT2D eigenvalue weighted by Gasteiger charge is 2.26. The van der Waals surface area contributed by atoms with Gasteiger partial charge in [-0.05, 0) is 64.6 Å². The van der Waals surface area contributed by atoms with Crippen LogP contribution < -0.4 is 5.32 Å². The minimum atomic E-state index is -0.00351. The summed E-state index contributed by atoms with van der Waals surface area (Å²) >= 11 is 12.2. The van der Waals surface area contributed by atoms with E-state index in [-0.39, 0.29) is 11.8 Å². The quantitative estimate of drug-likeness (QED) is 0.635. The number of halogens is 2. The molecule has 1 N–H and O–H groups in total. The fourth-order valence-corrected chi connectivity index (χ4v) is 3.95. The van der Waals surface area contributed by atoms with Crippen LogP contribution in [0.3, 0.4) is 0 Å². The van der Waals surface area contributed by atoms with E-state index in [2.05, 4.69) is 25.3 Å². The third kappa shape index (κ3) is 6.40. The summed E-state index contributed by atoms with van der Waals surface area (Å²) in [6.45, 7) is 3.79. The molecule has 1 aliphatic heterocycles. The van der Waals surface area contributed by atoms with E-state index in [1.807, 2.05) is 14.1 Å². The van der Waals surface area contributed by atoms with Gasteiger partial charge in [-0.3, -0.25) is 9.69 Å². The van der Waals surface area contributed by atoms with Gasteiger partial charge in [0, 0.05) is 23.7 Å². The molecule has 158 valence electrons. The molecule has 2 heterocycles. The number of rotatable bonds is 8. The molecular formula is C20H27Cl2N5O2. The summed E-state index contributed by atoms with van der Waals surface area (Å²) in [5.41, 5.74) is 0.680. The van der Waals surface area contributed by atoms with E-state index in [1.165, 1.54) is 0 Å². The molecule has 1 aliphatic rings. The zero-order valence-electron chi connectivity index (χ0n) is 16.8. The number of piperidine rings is 1. The van der Waals surface area contributed by atoms with Crippen LogP contribution in [0.2, 0.25) is 10.0 Å². The Balaban J connectivity index is 1.53. The summed E-state index contributed by atoms with van der Waals surface area (Å²) in [6.07, 6.45) is 2.83. The predicted molar refractivity (Wildman–Crippen MR) is 114 cm³/mol. The molecule has 1 amide bonds. The lowest BCUT2D eigenvalue weighted by molar-refractivity contribution is -0.126. The maximum absolute atomic E-state index is 12.5. The first-order chi connectivity index (χ1) is 13.9. The highest BCUT2D eigenvalue weighted by atomic mass is 35.5. The first-order valence-corrected chi connectivity index (χ1v) is 10.6. The summed E-state index contributed by atoms with van der Waals surface area (Å²) in [4.78, 5) is 21.2. The van der Waals surface area contributed by atoms with Crippen molar-refractivity contribution in [2.45, 2.75) is 25.8 Å². The summed E-state index contributed by atoms with van der Waals surface area (Å²) in [5, 5.41) is 8.13. The van der Waals surface area contributed by atoms with E-state index in [9.17, 15) is 4.79 Å². The number of benzene rings is 1. The Morgan fingerprint density at radius 2 is 2.21 bits per heavy atom. The van der Waals surface area contributed by atoms with Crippen molar-refractivity contribution in [1.29, 1.82) is 0 Å². The monoisotopic (exact) mass is 439 g/mol. The van der Waals surface area contributed by atoms with Crippen LogP contribution in [0.4, 0.5) is 0 Å². The lowest BCUT2D eigenvalue weighted by Gasteiger charge is -2.30. The molecule has 1 fully saturated rings. The Bertz CT molecular complexity index is 827. The zero-order chi connectivity index (χ0) is 20.8. The number of aromatic nitrogens is 2. The number of nitrogens with one attached hydrogen (secondary N) is 1. The Morgan fingerprint density at radius 1 is 1.38 bits per heavy atom. The predicted octanol–water partition coefficient (Wildman–Crippen LogP) is 3.32. The molecule has 9 heteroatoms. The van der Waals surface area contributed by atoms with Crippen LogP contribution in [0.5, 0.6) is 0 Å². The number of carbonyl (C=O) groups excluding carboxylic acids is 1. The fraction of sp³-hybridized carbons (Fsp3) is 0.550. The molecule has 7 nitrogen and oxygen atoms in total. The van der Waals surface area contributed by atoms with Gasteiger partial charge >= 0.3 is 0 Å². The van der Waals surface area contributed by atoms with Crippen LogP contribution >= 0.6 is 23.2 Å². The Kier molecular flexibility index (Phi) is 7.89. The average Bonchev–Trinajstić information content (AvgIpc) is 3.13. The van der Waals surface area contributed by atoms with Crippen LogP contribution in [-0.4, -0.2) is 66.1 Å². The fourth-order valence-electron chi connectivity index (χ4n) is 3.45. The topological polar surface area (TPSA) is 74.5 Å². The van der Waals surface area contributed by atoms with Gasteiger partial charge in [-0.15, -0.1) is 0 Å². The van der Waals surface area contributed by atoms with Crippen LogP contribution in [-0.2, 0) is 11.3 Å². The molecule has 1 aromatic carbocycles. The van der Waals surface area contributed by atoms with Crippen LogP contribution in [0.15, 0.2) is 22.7 Å². The summed E-state index contributed by atoms with van der Waals surface area (Å²) in [5.74, 6) is 1.08. The van der Waals surface area contributed by atoms with E-state index in [0.29, 0.717) is 47.0 Å². The van der Waals surface area contributed by atoms with Gasteiger partial charge < -0.3 is 14.7 Å². The lowest BCUT2D eigenvalue weighted by Crippen LogP contribution is -2.43. The molecule has 1 unspecified atom stereocenters. The molecule has 0 bridgehead atoms. The van der Waals surface area contributed by atoms with E-state index < -0.39 is 0 Å². The zero-order valence-corrected chi connectivity index (χ0v) is 18.3. The second kappa shape index (κ2) is 10.4. The van der Waals surface area contributed by atoms with Gasteiger partial charge in [-0.2, -0.15) is 4.98 Å². The van der Waals surface area contributed by atoms with Crippen molar-refractivity contribution in [1.82, 2.24) is 25.3 Å². The van der Waals surface area contributed by atoms with Crippen LogP contribution in [0, 0.1) is 5.92 Å². The van der Waals surface area contributed by atoms with Crippen molar-refractivity contribution in [2.24, 2.45) is 5.92 Å². The summed E-state index contributed by atoms with van der Waals surface area (Å²) in [6, 6.07) is 5.17. The van der Waals surface area contributed by atoms with E-state index in [1.54, 1.807) is 18.2 Å². The van der Waals surface area contributed by atoms with Crippen LogP contribution in [0.1, 0.15) is 25.2 Å². The number of nitrogens with zero attached hydrogens (tertiary/aromatic N) is 4. The standard InChI is InChI=1S/C20H27Cl2N5O2/c1-26(2)9-4-8-23-20(28)14-5-3-10-27(12-14)13-18-24-19(25-29-18)16-7-6-15(21)11-17(16)22/h6-7,11,14H,3-5,8-10,12-13H2,1-2H3,(H,23,28). The molecule has 2 aromatic rings. The summed E-state index contributed by atoms with van der Waals surface area (Å²) in [7, 11) is 4.06. The number of carbonyl (C=O) groups is 1. The number of hydrogen-bond acceptors (Lipinski definition) is 6. The molecule has 3 rings (SSSR count). The smallest absolute Gasteiger partial charge is 0.241 e. The molecule has 29 heavy (non-hydrogen) atoms. The Labute approximate surface area is 181 Å². The molecule has 1 aromatic heterocycles. The molecule has 0 aliphatic carbocycles. The van der Waals surface area contributed by atoms with Gasteiger partial charge in [0.1, 0.15) is 0 Å². The lowest BCUT2D eigenvalue weighted by atomic mass is 9.97. The van der Waals surface area contributed by atoms with Crippen molar-refractivity contribution in [3.63, 3.8) is 0 Å². The molecule has 0 radical (unpaired) electrons. The first kappa shape index (κ1) is 22.0. The Morgan fingerprint density at radius 3 is 2.97 bits per heavy atom. The van der Waals surface area contributed by atoms with E-state index >= 15 is 0 Å². The first-order valence-electron chi connectivity index (χ1n) is 9.85. The summed E-state index contributed by atoms with van der Waals surface area (Å²) < 4.78 is 5.41. The van der Waals surface area contributed by atoms with Gasteiger partial charge in [-0.25, -0.2) is 0 Å². The molecule has 1 atom stereocenters. The molecule has 1 saturated heterocycles. The highest BCUT2D eigenvalue weighted by molar-refractivity contribution is 6.36. The molecule has 0 spiro atoms. The third-order valence-corrected chi connectivity index (χ3v) is 5.50. The van der Waals surface area contributed by atoms with Crippen molar-refractivity contribution in [2.75, 3.05) is 40.3 Å². The SMILES string of the molecule is CN(C)CCCNC(=O)C1CCCN(Cc2nc(-c3ccc(Cl)cc3Cl)no2)C1. The van der Waals surface area contributed by atoms with Gasteiger partial charge in [0.05, 0.1) is 17.5 Å². The minimum absolute atomic E-state index is 0.00351. The second-order valence-electron chi connectivity index (χ2n) is 7.66. The third-order valence-electron chi connectivity index (χ3n) is 4.96. The average molecular weight is 440 g/mol. The Hall–Kier alpha value is -1.67. The van der Waals surface area contributed by atoms with Gasteiger partial charge in [0.15, 0.2) is 0 Å². The highest BCUT2D eigenvalue weighted by Crippen LogP contribution is 2.28. The molecular weight excluding hydrogens is 413 g/mol. The van der Waals surface area contributed by atoms with Gasteiger partial charge in [0.25, 0.3) is 0 Å². The van der Waals surface area contributed by atoms with Gasteiger partial charge in [-0.1, -0.05) is 28.4 Å². The van der Waals surface area contributed by atoms with Crippen LogP contribution in [0.25, 0.3) is 11.4 Å². The van der Waals surface area contributed by atoms with Crippen molar-refractivity contribution in [3.8, 4) is 11.4 Å². The minimum Gasteiger partial charge on any atom is -0.356 e. The maximum atomic E-state index is 12.5. The van der Waals surface area contributed by atoms with E-state index in [0.717, 1.165) is 32.4 Å².